The quantitative estimate of drug-likeness (QED) is 0.816. The van der Waals surface area contributed by atoms with Gasteiger partial charge in [-0.3, -0.25) is 4.79 Å². The number of carboxylic acids is 1. The molecule has 0 unspecified atom stereocenters. The summed E-state index contributed by atoms with van der Waals surface area (Å²) in [5.74, 6) is -0.990. The number of hydrogen-bond donors (Lipinski definition) is 2. The van der Waals surface area contributed by atoms with Crippen LogP contribution in [-0.4, -0.2) is 36.3 Å². The second kappa shape index (κ2) is 6.19. The molecule has 0 aliphatic carbocycles. The number of methoxy groups -OCH3 is 1. The maximum atomic E-state index is 11.9. The molecule has 0 spiro atoms. The summed E-state index contributed by atoms with van der Waals surface area (Å²) in [6, 6.07) is 6.50. The first kappa shape index (κ1) is 15.0. The van der Waals surface area contributed by atoms with E-state index in [0.29, 0.717) is 11.4 Å². The van der Waals surface area contributed by atoms with Gasteiger partial charge in [0.25, 0.3) is 5.91 Å². The smallest absolute Gasteiger partial charge is 0.341 e. The van der Waals surface area contributed by atoms with Gasteiger partial charge >= 0.3 is 5.97 Å². The molecule has 2 N–H and O–H groups in total. The topological polar surface area (TPSA) is 84.9 Å². The van der Waals surface area contributed by atoms with E-state index in [-0.39, 0.29) is 5.91 Å². The molecule has 19 heavy (non-hydrogen) atoms. The summed E-state index contributed by atoms with van der Waals surface area (Å²) in [4.78, 5) is 22.3. The number of carbonyl (C=O) groups is 2. The van der Waals surface area contributed by atoms with Crippen molar-refractivity contribution in [3.63, 3.8) is 0 Å². The van der Waals surface area contributed by atoms with Crippen LogP contribution in [0, 0.1) is 0 Å². The van der Waals surface area contributed by atoms with E-state index in [2.05, 4.69) is 5.32 Å². The van der Waals surface area contributed by atoms with Gasteiger partial charge in [0.1, 0.15) is 11.4 Å². The molecule has 1 aromatic carbocycles. The Morgan fingerprint density at radius 2 is 2.05 bits per heavy atom. The lowest BCUT2D eigenvalue weighted by molar-refractivity contribution is -0.139. The monoisotopic (exact) mass is 267 g/mol. The SMILES string of the molecule is COC(C)(C)C(=O)Nc1cccc(OCC(=O)O)c1. The summed E-state index contributed by atoms with van der Waals surface area (Å²) in [7, 11) is 1.45. The first-order valence-electron chi connectivity index (χ1n) is 5.66. The molecular weight excluding hydrogens is 250 g/mol. The van der Waals surface area contributed by atoms with Gasteiger partial charge in [0, 0.05) is 18.9 Å². The van der Waals surface area contributed by atoms with E-state index < -0.39 is 18.2 Å². The van der Waals surface area contributed by atoms with Crippen LogP contribution in [0.1, 0.15) is 13.8 Å². The molecule has 0 saturated heterocycles. The molecule has 6 heteroatoms. The third-order valence-corrected chi connectivity index (χ3v) is 2.51. The third-order valence-electron chi connectivity index (χ3n) is 2.51. The van der Waals surface area contributed by atoms with Crippen LogP contribution in [0.5, 0.6) is 5.75 Å². The Balaban J connectivity index is 2.72. The number of amides is 1. The number of hydrogen-bond acceptors (Lipinski definition) is 4. The summed E-state index contributed by atoms with van der Waals surface area (Å²) < 4.78 is 10.1. The summed E-state index contributed by atoms with van der Waals surface area (Å²) in [5, 5.41) is 11.2. The molecule has 0 fully saturated rings. The number of ether oxygens (including phenoxy) is 2. The zero-order valence-corrected chi connectivity index (χ0v) is 11.1. The van der Waals surface area contributed by atoms with Crippen LogP contribution >= 0.6 is 0 Å². The minimum absolute atomic E-state index is 0.301. The predicted octanol–water partition coefficient (Wildman–Crippen LogP) is 1.51. The van der Waals surface area contributed by atoms with Gasteiger partial charge in [0.05, 0.1) is 0 Å². The van der Waals surface area contributed by atoms with Crippen molar-refractivity contribution in [2.24, 2.45) is 0 Å². The number of benzene rings is 1. The molecule has 0 radical (unpaired) electrons. The van der Waals surface area contributed by atoms with Gasteiger partial charge < -0.3 is 19.9 Å². The molecule has 0 aliphatic rings. The van der Waals surface area contributed by atoms with Gasteiger partial charge in [-0.1, -0.05) is 6.07 Å². The van der Waals surface area contributed by atoms with Crippen molar-refractivity contribution in [1.82, 2.24) is 0 Å². The van der Waals surface area contributed by atoms with Crippen LogP contribution in [0.2, 0.25) is 0 Å². The van der Waals surface area contributed by atoms with Crippen molar-refractivity contribution in [1.29, 1.82) is 0 Å². The molecule has 0 aromatic heterocycles. The van der Waals surface area contributed by atoms with E-state index in [1.165, 1.54) is 7.11 Å². The number of aliphatic carboxylic acids is 1. The van der Waals surface area contributed by atoms with Crippen LogP contribution in [0.4, 0.5) is 5.69 Å². The molecule has 1 amide bonds. The third kappa shape index (κ3) is 4.59. The van der Waals surface area contributed by atoms with Gasteiger partial charge in [-0.25, -0.2) is 4.79 Å². The summed E-state index contributed by atoms with van der Waals surface area (Å²) in [6.07, 6.45) is 0. The molecule has 0 bridgehead atoms. The first-order valence-corrected chi connectivity index (χ1v) is 5.66. The highest BCUT2D eigenvalue weighted by Gasteiger charge is 2.26. The second-order valence-electron chi connectivity index (χ2n) is 4.38. The number of anilines is 1. The molecule has 0 heterocycles. The van der Waals surface area contributed by atoms with Gasteiger partial charge in [-0.2, -0.15) is 0 Å². The van der Waals surface area contributed by atoms with Gasteiger partial charge in [0.15, 0.2) is 6.61 Å². The highest BCUT2D eigenvalue weighted by molar-refractivity contribution is 5.96. The minimum atomic E-state index is -1.06. The Morgan fingerprint density at radius 3 is 2.63 bits per heavy atom. The molecule has 0 saturated carbocycles. The zero-order chi connectivity index (χ0) is 14.5. The number of rotatable bonds is 6. The predicted molar refractivity (Wildman–Crippen MR) is 69.3 cm³/mol. The van der Waals surface area contributed by atoms with E-state index in [1.807, 2.05) is 0 Å². The average Bonchev–Trinajstić information content (AvgIpc) is 2.36. The first-order chi connectivity index (χ1) is 8.85. The Morgan fingerprint density at radius 1 is 1.37 bits per heavy atom. The fourth-order valence-electron chi connectivity index (χ4n) is 1.18. The van der Waals surface area contributed by atoms with E-state index in [4.69, 9.17) is 14.6 Å². The Bertz CT molecular complexity index is 470. The molecule has 0 atom stereocenters. The van der Waals surface area contributed by atoms with Gasteiger partial charge in [-0.15, -0.1) is 0 Å². The lowest BCUT2D eigenvalue weighted by atomic mass is 10.1. The largest absolute Gasteiger partial charge is 0.482 e. The van der Waals surface area contributed by atoms with Crippen LogP contribution in [0.15, 0.2) is 24.3 Å². The van der Waals surface area contributed by atoms with Crippen molar-refractivity contribution in [2.45, 2.75) is 19.4 Å². The zero-order valence-electron chi connectivity index (χ0n) is 11.1. The molecule has 6 nitrogen and oxygen atoms in total. The fourth-order valence-corrected chi connectivity index (χ4v) is 1.18. The van der Waals surface area contributed by atoms with Crippen molar-refractivity contribution in [2.75, 3.05) is 19.0 Å². The Labute approximate surface area is 111 Å². The lowest BCUT2D eigenvalue weighted by Gasteiger charge is -2.21. The maximum absolute atomic E-state index is 11.9. The molecule has 1 aromatic rings. The van der Waals surface area contributed by atoms with Crippen LogP contribution in [-0.2, 0) is 14.3 Å². The van der Waals surface area contributed by atoms with Crippen molar-refractivity contribution in [3.05, 3.63) is 24.3 Å². The molecule has 1 rings (SSSR count). The van der Waals surface area contributed by atoms with Gasteiger partial charge in [-0.05, 0) is 26.0 Å². The van der Waals surface area contributed by atoms with E-state index in [0.717, 1.165) is 0 Å². The average molecular weight is 267 g/mol. The van der Waals surface area contributed by atoms with E-state index in [9.17, 15) is 9.59 Å². The summed E-state index contributed by atoms with van der Waals surface area (Å²) >= 11 is 0. The summed E-state index contributed by atoms with van der Waals surface area (Å²) in [6.45, 7) is 2.86. The standard InChI is InChI=1S/C13H17NO5/c1-13(2,18-3)12(17)14-9-5-4-6-10(7-9)19-8-11(15)16/h4-7H,8H2,1-3H3,(H,14,17)(H,15,16). The van der Waals surface area contributed by atoms with Crippen molar-refractivity contribution < 1.29 is 24.2 Å². The lowest BCUT2D eigenvalue weighted by Crippen LogP contribution is -2.38. The Hall–Kier alpha value is -2.08. The fraction of sp³-hybridized carbons (Fsp3) is 0.385. The molecular formula is C13H17NO5. The molecule has 0 aliphatic heterocycles. The highest BCUT2D eigenvalue weighted by Crippen LogP contribution is 2.19. The van der Waals surface area contributed by atoms with Crippen LogP contribution in [0.3, 0.4) is 0 Å². The number of carboxylic acid groups (broad SMARTS) is 1. The normalized spacial score (nSPS) is 10.9. The van der Waals surface area contributed by atoms with Gasteiger partial charge in [0.2, 0.25) is 0 Å². The van der Waals surface area contributed by atoms with Crippen molar-refractivity contribution in [3.8, 4) is 5.75 Å². The minimum Gasteiger partial charge on any atom is -0.482 e. The van der Waals surface area contributed by atoms with Crippen molar-refractivity contribution >= 4 is 17.6 Å². The summed E-state index contributed by atoms with van der Waals surface area (Å²) in [5.41, 5.74) is -0.434. The number of carbonyl (C=O) groups excluding carboxylic acids is 1. The Kier molecular flexibility index (Phi) is 4.88. The van der Waals surface area contributed by atoms with Crippen LogP contribution < -0.4 is 10.1 Å². The maximum Gasteiger partial charge on any atom is 0.341 e. The van der Waals surface area contributed by atoms with Crippen LogP contribution in [0.25, 0.3) is 0 Å². The van der Waals surface area contributed by atoms with E-state index in [1.54, 1.807) is 38.1 Å². The molecule has 104 valence electrons. The highest BCUT2D eigenvalue weighted by atomic mass is 16.5. The van der Waals surface area contributed by atoms with E-state index >= 15 is 0 Å². The second-order valence-corrected chi connectivity index (χ2v) is 4.38. The number of nitrogens with one attached hydrogen (secondary N) is 1.